The molecule has 1 amide bonds. The molecule has 142 valence electrons. The lowest BCUT2D eigenvalue weighted by Crippen LogP contribution is -2.49. The zero-order valence-electron chi connectivity index (χ0n) is 13.8. The Balaban J connectivity index is 2.12. The number of alkyl halides is 3. The number of nitrogens with zero attached hydrogens (tertiary/aromatic N) is 3. The van der Waals surface area contributed by atoms with Gasteiger partial charge in [-0.15, -0.1) is 0 Å². The van der Waals surface area contributed by atoms with Gasteiger partial charge in [0.25, 0.3) is 5.69 Å². The lowest BCUT2D eigenvalue weighted by atomic mass is 10.1. The van der Waals surface area contributed by atoms with Gasteiger partial charge in [0.05, 0.1) is 17.6 Å². The molecule has 1 aliphatic heterocycles. The highest BCUT2D eigenvalue weighted by atomic mass is 19.4. The van der Waals surface area contributed by atoms with Crippen LogP contribution in [0.25, 0.3) is 0 Å². The molecule has 0 unspecified atom stereocenters. The summed E-state index contributed by atoms with van der Waals surface area (Å²) in [5.74, 6) is -1.10. The lowest BCUT2D eigenvalue weighted by molar-refractivity contribution is -0.384. The van der Waals surface area contributed by atoms with Crippen molar-refractivity contribution in [2.75, 3.05) is 38.2 Å². The quantitative estimate of drug-likeness (QED) is 0.345. The SMILES string of the molecule is COC(=O)CC(=O)N1CCN(c2ccc(C(F)(F)F)cc2[N+](=O)[O-])CC1. The van der Waals surface area contributed by atoms with Gasteiger partial charge >= 0.3 is 12.1 Å². The summed E-state index contributed by atoms with van der Waals surface area (Å²) >= 11 is 0. The number of ether oxygens (including phenoxy) is 1. The van der Waals surface area contributed by atoms with Crippen molar-refractivity contribution in [1.82, 2.24) is 4.90 Å². The topological polar surface area (TPSA) is 93.0 Å². The van der Waals surface area contributed by atoms with Crippen LogP contribution in [0, 0.1) is 10.1 Å². The fourth-order valence-electron chi connectivity index (χ4n) is 2.62. The monoisotopic (exact) mass is 375 g/mol. The molecule has 1 aliphatic rings. The number of nitro groups is 1. The minimum absolute atomic E-state index is 0.0584. The number of rotatable bonds is 4. The normalized spacial score (nSPS) is 14.9. The Labute approximate surface area is 146 Å². The second-order valence-electron chi connectivity index (χ2n) is 5.58. The van der Waals surface area contributed by atoms with Crippen LogP contribution in [-0.2, 0) is 20.5 Å². The van der Waals surface area contributed by atoms with Crippen molar-refractivity contribution in [3.8, 4) is 0 Å². The van der Waals surface area contributed by atoms with Gasteiger partial charge in [-0.3, -0.25) is 19.7 Å². The van der Waals surface area contributed by atoms with Crippen molar-refractivity contribution in [2.24, 2.45) is 0 Å². The van der Waals surface area contributed by atoms with E-state index in [9.17, 15) is 32.9 Å². The number of hydrogen-bond acceptors (Lipinski definition) is 6. The van der Waals surface area contributed by atoms with E-state index in [2.05, 4.69) is 4.74 Å². The second kappa shape index (κ2) is 7.58. The van der Waals surface area contributed by atoms with Crippen LogP contribution in [0.3, 0.4) is 0 Å². The molecule has 0 atom stereocenters. The molecule has 11 heteroatoms. The van der Waals surface area contributed by atoms with Gasteiger partial charge in [-0.1, -0.05) is 0 Å². The highest BCUT2D eigenvalue weighted by molar-refractivity contribution is 5.94. The molecule has 1 heterocycles. The van der Waals surface area contributed by atoms with Crippen LogP contribution >= 0.6 is 0 Å². The molecule has 0 bridgehead atoms. The van der Waals surface area contributed by atoms with Gasteiger partial charge in [-0.05, 0) is 12.1 Å². The summed E-state index contributed by atoms with van der Waals surface area (Å²) in [6, 6.07) is 2.36. The number of hydrogen-bond donors (Lipinski definition) is 0. The Morgan fingerprint density at radius 2 is 1.85 bits per heavy atom. The molecule has 0 saturated carbocycles. The molecule has 1 fully saturated rings. The third-order valence-corrected chi connectivity index (χ3v) is 4.00. The summed E-state index contributed by atoms with van der Waals surface area (Å²) < 4.78 is 42.7. The van der Waals surface area contributed by atoms with Gasteiger partial charge in [0.2, 0.25) is 5.91 Å². The average molecular weight is 375 g/mol. The number of benzene rings is 1. The van der Waals surface area contributed by atoms with E-state index in [1.54, 1.807) is 4.90 Å². The van der Waals surface area contributed by atoms with Crippen LogP contribution in [0.2, 0.25) is 0 Å². The fourth-order valence-corrected chi connectivity index (χ4v) is 2.62. The zero-order valence-corrected chi connectivity index (χ0v) is 13.8. The largest absolute Gasteiger partial charge is 0.469 e. The Morgan fingerprint density at radius 3 is 2.35 bits per heavy atom. The zero-order chi connectivity index (χ0) is 19.5. The first kappa shape index (κ1) is 19.5. The summed E-state index contributed by atoms with van der Waals surface area (Å²) in [6.45, 7) is 0.764. The molecule has 2 rings (SSSR count). The van der Waals surface area contributed by atoms with Gasteiger partial charge in [0, 0.05) is 32.2 Å². The van der Waals surface area contributed by atoms with E-state index < -0.39 is 40.6 Å². The van der Waals surface area contributed by atoms with E-state index in [-0.39, 0.29) is 31.9 Å². The number of methoxy groups -OCH3 is 1. The molecule has 0 N–H and O–H groups in total. The number of amides is 1. The maximum Gasteiger partial charge on any atom is 0.416 e. The van der Waals surface area contributed by atoms with Crippen LogP contribution < -0.4 is 4.90 Å². The number of anilines is 1. The van der Waals surface area contributed by atoms with Crippen LogP contribution in [0.5, 0.6) is 0 Å². The molecule has 1 aromatic carbocycles. The molecule has 0 spiro atoms. The maximum atomic E-state index is 12.8. The average Bonchev–Trinajstić information content (AvgIpc) is 2.60. The molecule has 0 aliphatic carbocycles. The van der Waals surface area contributed by atoms with E-state index >= 15 is 0 Å². The fraction of sp³-hybridized carbons (Fsp3) is 0.467. The molecule has 1 saturated heterocycles. The van der Waals surface area contributed by atoms with Gasteiger partial charge in [-0.2, -0.15) is 13.2 Å². The minimum atomic E-state index is -4.68. The maximum absolute atomic E-state index is 12.8. The first-order chi connectivity index (χ1) is 12.1. The summed E-state index contributed by atoms with van der Waals surface area (Å²) in [5.41, 5.74) is -1.68. The van der Waals surface area contributed by atoms with Crippen molar-refractivity contribution in [3.05, 3.63) is 33.9 Å². The predicted octanol–water partition coefficient (Wildman–Crippen LogP) is 1.83. The van der Waals surface area contributed by atoms with Crippen molar-refractivity contribution in [3.63, 3.8) is 0 Å². The second-order valence-corrected chi connectivity index (χ2v) is 5.58. The van der Waals surface area contributed by atoms with Gasteiger partial charge in [0.1, 0.15) is 12.1 Å². The molecule has 26 heavy (non-hydrogen) atoms. The standard InChI is InChI=1S/C15H16F3N3O5/c1-26-14(23)9-13(22)20-6-4-19(5-7-20)11-3-2-10(15(16,17)18)8-12(11)21(24)25/h2-3,8H,4-7,9H2,1H3. The summed E-state index contributed by atoms with van der Waals surface area (Å²) in [6.07, 6.45) is -5.08. The van der Waals surface area contributed by atoms with E-state index in [4.69, 9.17) is 0 Å². The summed E-state index contributed by atoms with van der Waals surface area (Å²) in [5, 5.41) is 11.2. The van der Waals surface area contributed by atoms with E-state index in [0.717, 1.165) is 19.2 Å². The van der Waals surface area contributed by atoms with Crippen LogP contribution in [0.4, 0.5) is 24.5 Å². The van der Waals surface area contributed by atoms with Gasteiger partial charge in [0.15, 0.2) is 0 Å². The molecular weight excluding hydrogens is 359 g/mol. The summed E-state index contributed by atoms with van der Waals surface area (Å²) in [4.78, 5) is 36.3. The Morgan fingerprint density at radius 1 is 1.23 bits per heavy atom. The van der Waals surface area contributed by atoms with E-state index in [0.29, 0.717) is 6.07 Å². The molecule has 0 radical (unpaired) electrons. The first-order valence-electron chi connectivity index (χ1n) is 7.58. The third-order valence-electron chi connectivity index (χ3n) is 4.00. The minimum Gasteiger partial charge on any atom is -0.469 e. The molecule has 1 aromatic rings. The Hall–Kier alpha value is -2.85. The van der Waals surface area contributed by atoms with Gasteiger partial charge < -0.3 is 14.5 Å². The van der Waals surface area contributed by atoms with Crippen LogP contribution in [0.15, 0.2) is 18.2 Å². The van der Waals surface area contributed by atoms with Crippen LogP contribution in [0.1, 0.15) is 12.0 Å². The smallest absolute Gasteiger partial charge is 0.416 e. The number of carbonyl (C=O) groups is 2. The van der Waals surface area contributed by atoms with Crippen molar-refractivity contribution in [2.45, 2.75) is 12.6 Å². The summed E-state index contributed by atoms with van der Waals surface area (Å²) in [7, 11) is 1.16. The van der Waals surface area contributed by atoms with Crippen molar-refractivity contribution in [1.29, 1.82) is 0 Å². The number of nitro benzene ring substituents is 1. The van der Waals surface area contributed by atoms with Gasteiger partial charge in [-0.25, -0.2) is 0 Å². The van der Waals surface area contributed by atoms with Crippen molar-refractivity contribution >= 4 is 23.3 Å². The predicted molar refractivity (Wildman–Crippen MR) is 83.5 cm³/mol. The van der Waals surface area contributed by atoms with Crippen LogP contribution in [-0.4, -0.2) is 55.0 Å². The highest BCUT2D eigenvalue weighted by Gasteiger charge is 2.34. The first-order valence-corrected chi connectivity index (χ1v) is 7.58. The number of halogens is 3. The highest BCUT2D eigenvalue weighted by Crippen LogP contribution is 2.36. The molecule has 0 aromatic heterocycles. The molecule has 8 nitrogen and oxygen atoms in total. The number of piperazine rings is 1. The molecular formula is C15H16F3N3O5. The Kier molecular flexibility index (Phi) is 5.68. The van der Waals surface area contributed by atoms with E-state index in [1.165, 1.54) is 4.90 Å². The Bertz CT molecular complexity index is 715. The lowest BCUT2D eigenvalue weighted by Gasteiger charge is -2.35. The number of esters is 1. The van der Waals surface area contributed by atoms with Crippen molar-refractivity contribution < 1.29 is 32.4 Å². The number of carbonyl (C=O) groups excluding carboxylic acids is 2. The van der Waals surface area contributed by atoms with E-state index in [1.807, 2.05) is 0 Å². The third kappa shape index (κ3) is 4.41.